The number of benzene rings is 1. The topological polar surface area (TPSA) is 66.4 Å². The third-order valence-electron chi connectivity index (χ3n) is 4.59. The number of nitrogens with one attached hydrogen (secondary N) is 1. The van der Waals surface area contributed by atoms with Crippen LogP contribution in [0, 0.1) is 11.3 Å². The van der Waals surface area contributed by atoms with Crippen molar-refractivity contribution in [3.63, 3.8) is 0 Å². The lowest BCUT2D eigenvalue weighted by molar-refractivity contribution is 0.288. The van der Waals surface area contributed by atoms with E-state index in [4.69, 9.17) is 5.11 Å². The minimum absolute atomic E-state index is 0.152. The van der Waals surface area contributed by atoms with Gasteiger partial charge in [-0.3, -0.25) is 0 Å². The summed E-state index contributed by atoms with van der Waals surface area (Å²) in [6.45, 7) is 4.98. The highest BCUT2D eigenvalue weighted by molar-refractivity contribution is 7.89. The molecule has 1 aromatic carbocycles. The molecule has 0 aliphatic heterocycles. The van der Waals surface area contributed by atoms with Gasteiger partial charge in [0.2, 0.25) is 10.0 Å². The predicted octanol–water partition coefficient (Wildman–Crippen LogP) is 2.33. The third-order valence-corrected chi connectivity index (χ3v) is 6.01. The normalized spacial score (nSPS) is 17.1. The van der Waals surface area contributed by atoms with E-state index in [9.17, 15) is 8.42 Å². The molecule has 1 saturated carbocycles. The first-order chi connectivity index (χ1) is 9.89. The van der Waals surface area contributed by atoms with Crippen molar-refractivity contribution < 1.29 is 13.5 Å². The molecular weight excluding hydrogens is 286 g/mol. The van der Waals surface area contributed by atoms with Gasteiger partial charge in [0.1, 0.15) is 0 Å². The fraction of sp³-hybridized carbons (Fsp3) is 0.625. The first-order valence-electron chi connectivity index (χ1n) is 7.59. The summed E-state index contributed by atoms with van der Waals surface area (Å²) >= 11 is 0. The molecule has 0 bridgehead atoms. The maximum absolute atomic E-state index is 12.3. The number of sulfonamides is 1. The molecule has 0 heterocycles. The lowest BCUT2D eigenvalue weighted by Crippen LogP contribution is -2.32. The van der Waals surface area contributed by atoms with Gasteiger partial charge in [0.05, 0.1) is 4.90 Å². The van der Waals surface area contributed by atoms with Crippen LogP contribution in [0.25, 0.3) is 0 Å². The maximum atomic E-state index is 12.3. The number of hydrogen-bond acceptors (Lipinski definition) is 3. The Hall–Kier alpha value is -0.910. The molecule has 2 rings (SSSR count). The monoisotopic (exact) mass is 311 g/mol. The molecule has 0 amide bonds. The van der Waals surface area contributed by atoms with E-state index in [-0.39, 0.29) is 12.0 Å². The van der Waals surface area contributed by atoms with Crippen molar-refractivity contribution in [3.8, 4) is 0 Å². The van der Waals surface area contributed by atoms with Crippen molar-refractivity contribution in [2.45, 2.75) is 44.4 Å². The van der Waals surface area contributed by atoms with E-state index < -0.39 is 10.0 Å². The van der Waals surface area contributed by atoms with Crippen LogP contribution in [0.3, 0.4) is 0 Å². The molecule has 5 heteroatoms. The van der Waals surface area contributed by atoms with Crippen molar-refractivity contribution in [3.05, 3.63) is 29.8 Å². The summed E-state index contributed by atoms with van der Waals surface area (Å²) < 4.78 is 27.4. The molecule has 0 radical (unpaired) electrons. The maximum Gasteiger partial charge on any atom is 0.240 e. The number of hydrogen-bond donors (Lipinski definition) is 2. The van der Waals surface area contributed by atoms with Crippen molar-refractivity contribution in [2.75, 3.05) is 13.2 Å². The van der Waals surface area contributed by atoms with Crippen LogP contribution in [-0.4, -0.2) is 26.7 Å². The zero-order chi connectivity index (χ0) is 15.5. The van der Waals surface area contributed by atoms with Gasteiger partial charge >= 0.3 is 0 Å². The largest absolute Gasteiger partial charge is 0.396 e. The van der Waals surface area contributed by atoms with Crippen LogP contribution in [0.1, 0.15) is 38.7 Å². The Balaban J connectivity index is 1.99. The molecule has 1 aliphatic rings. The molecule has 0 spiro atoms. The summed E-state index contributed by atoms with van der Waals surface area (Å²) in [5.41, 5.74) is 1.21. The smallest absolute Gasteiger partial charge is 0.240 e. The molecular formula is C16H25NO3S. The molecule has 118 valence electrons. The zero-order valence-corrected chi connectivity index (χ0v) is 13.6. The van der Waals surface area contributed by atoms with E-state index in [1.807, 2.05) is 12.1 Å². The molecule has 0 aromatic heterocycles. The van der Waals surface area contributed by atoms with Gasteiger partial charge in [0.15, 0.2) is 0 Å². The molecule has 0 unspecified atom stereocenters. The van der Waals surface area contributed by atoms with E-state index in [0.29, 0.717) is 23.8 Å². The minimum Gasteiger partial charge on any atom is -0.396 e. The highest BCUT2D eigenvalue weighted by atomic mass is 32.2. The third kappa shape index (κ3) is 4.05. The predicted molar refractivity (Wildman–Crippen MR) is 83.5 cm³/mol. The fourth-order valence-corrected chi connectivity index (χ4v) is 3.70. The first-order valence-corrected chi connectivity index (χ1v) is 9.07. The van der Waals surface area contributed by atoms with Crippen LogP contribution in [0.15, 0.2) is 29.2 Å². The Kier molecular flexibility index (Phi) is 5.07. The summed E-state index contributed by atoms with van der Waals surface area (Å²) in [6.07, 6.45) is 3.67. The summed E-state index contributed by atoms with van der Waals surface area (Å²) in [6, 6.07) is 6.92. The highest BCUT2D eigenvalue weighted by Gasteiger charge is 2.45. The fourth-order valence-electron chi connectivity index (χ4n) is 2.56. The van der Waals surface area contributed by atoms with Gasteiger partial charge in [-0.25, -0.2) is 13.1 Å². The number of aliphatic hydroxyl groups excluding tert-OH is 1. The summed E-state index contributed by atoms with van der Waals surface area (Å²) in [4.78, 5) is 0.315. The van der Waals surface area contributed by atoms with Gasteiger partial charge in [0, 0.05) is 13.2 Å². The average Bonchev–Trinajstić information content (AvgIpc) is 3.25. The van der Waals surface area contributed by atoms with Crippen LogP contribution in [0.5, 0.6) is 0 Å². The lowest BCUT2D eigenvalue weighted by Gasteiger charge is -2.20. The molecule has 0 atom stereocenters. The number of rotatable bonds is 8. The molecule has 2 N–H and O–H groups in total. The first kappa shape index (κ1) is 16.5. The van der Waals surface area contributed by atoms with Crippen LogP contribution in [-0.2, 0) is 16.4 Å². The zero-order valence-electron chi connectivity index (χ0n) is 12.8. The van der Waals surface area contributed by atoms with Gasteiger partial charge in [-0.05, 0) is 54.7 Å². The minimum atomic E-state index is -3.42. The highest BCUT2D eigenvalue weighted by Crippen LogP contribution is 2.51. The van der Waals surface area contributed by atoms with Gasteiger partial charge in [-0.15, -0.1) is 0 Å². The molecule has 21 heavy (non-hydrogen) atoms. The summed E-state index contributed by atoms with van der Waals surface area (Å²) in [5.74, 6) is 0.501. The van der Waals surface area contributed by atoms with Crippen LogP contribution in [0.2, 0.25) is 0 Å². The van der Waals surface area contributed by atoms with Gasteiger partial charge in [0.25, 0.3) is 0 Å². The van der Waals surface area contributed by atoms with Crippen molar-refractivity contribution in [1.29, 1.82) is 0 Å². The van der Waals surface area contributed by atoms with E-state index in [1.165, 1.54) is 0 Å². The molecule has 1 aliphatic carbocycles. The second kappa shape index (κ2) is 6.46. The standard InChI is InChI=1S/C16H25NO3S/c1-13(2)16(9-10-16)12-17-21(19,20)15-7-5-14(6-8-15)4-3-11-18/h5-8,13,17-18H,3-4,9-12H2,1-2H3. The summed E-state index contributed by atoms with van der Waals surface area (Å²) in [7, 11) is -3.42. The summed E-state index contributed by atoms with van der Waals surface area (Å²) in [5, 5.41) is 8.80. The Labute approximate surface area is 127 Å². The quantitative estimate of drug-likeness (QED) is 0.774. The van der Waals surface area contributed by atoms with E-state index in [0.717, 1.165) is 24.8 Å². The van der Waals surface area contributed by atoms with Crippen molar-refractivity contribution in [2.24, 2.45) is 11.3 Å². The van der Waals surface area contributed by atoms with Crippen LogP contribution >= 0.6 is 0 Å². The Morgan fingerprint density at radius 3 is 2.33 bits per heavy atom. The second-order valence-electron chi connectivity index (χ2n) is 6.31. The Bertz CT molecular complexity index is 560. The molecule has 1 aromatic rings. The van der Waals surface area contributed by atoms with Gasteiger partial charge in [-0.2, -0.15) is 0 Å². The average molecular weight is 311 g/mol. The van der Waals surface area contributed by atoms with Gasteiger partial charge < -0.3 is 5.11 Å². The molecule has 0 saturated heterocycles. The Morgan fingerprint density at radius 1 is 1.24 bits per heavy atom. The van der Waals surface area contributed by atoms with E-state index in [1.54, 1.807) is 12.1 Å². The lowest BCUT2D eigenvalue weighted by atomic mass is 9.93. The molecule has 4 nitrogen and oxygen atoms in total. The van der Waals surface area contributed by atoms with E-state index >= 15 is 0 Å². The van der Waals surface area contributed by atoms with Crippen LogP contribution in [0.4, 0.5) is 0 Å². The second-order valence-corrected chi connectivity index (χ2v) is 8.08. The SMILES string of the molecule is CC(C)C1(CNS(=O)(=O)c2ccc(CCCO)cc2)CC1. The number of aryl methyl sites for hydroxylation is 1. The van der Waals surface area contributed by atoms with E-state index in [2.05, 4.69) is 18.6 Å². The Morgan fingerprint density at radius 2 is 1.86 bits per heavy atom. The number of aliphatic hydroxyl groups is 1. The van der Waals surface area contributed by atoms with Crippen molar-refractivity contribution in [1.82, 2.24) is 4.72 Å². The van der Waals surface area contributed by atoms with Gasteiger partial charge in [-0.1, -0.05) is 26.0 Å². The molecule has 1 fully saturated rings. The van der Waals surface area contributed by atoms with Crippen molar-refractivity contribution >= 4 is 10.0 Å². The van der Waals surface area contributed by atoms with Crippen LogP contribution < -0.4 is 4.72 Å².